The van der Waals surface area contributed by atoms with Gasteiger partial charge in [0.1, 0.15) is 11.8 Å². The first kappa shape index (κ1) is 29.6. The summed E-state index contributed by atoms with van der Waals surface area (Å²) in [6, 6.07) is 5.71. The molecule has 2 aliphatic rings. The Bertz CT molecular complexity index is 935. The van der Waals surface area contributed by atoms with Crippen LogP contribution in [0.4, 0.5) is 10.5 Å². The Labute approximate surface area is 226 Å². The molecule has 0 spiro atoms. The van der Waals surface area contributed by atoms with E-state index in [4.69, 9.17) is 9.47 Å². The largest absolute Gasteiger partial charge is 0.444 e. The monoisotopic (exact) mass is 535 g/mol. The minimum Gasteiger partial charge on any atom is -0.444 e. The molecule has 0 aromatic heterocycles. The van der Waals surface area contributed by atoms with Crippen molar-refractivity contribution < 1.29 is 24.2 Å². The van der Waals surface area contributed by atoms with E-state index in [2.05, 4.69) is 0 Å². The number of fused-ring (bicyclic) bond motifs is 1. The summed E-state index contributed by atoms with van der Waals surface area (Å²) < 4.78 is 10.8. The number of carbonyl (C=O) groups is 2. The summed E-state index contributed by atoms with van der Waals surface area (Å²) in [5.41, 5.74) is 0.948. The second-order valence-corrected chi connectivity index (χ2v) is 12.8. The van der Waals surface area contributed by atoms with Crippen molar-refractivity contribution >= 4 is 29.4 Å². The number of aliphatic hydroxyl groups is 1. The number of anilines is 1. The molecule has 0 bridgehead atoms. The second-order valence-electron chi connectivity index (χ2n) is 11.3. The average molecular weight is 536 g/mol. The minimum absolute atomic E-state index is 0.0303. The first-order valence-corrected chi connectivity index (χ1v) is 14.4. The Balaban J connectivity index is 1.82. The molecule has 37 heavy (non-hydrogen) atoms. The fourth-order valence-electron chi connectivity index (χ4n) is 5.06. The molecule has 0 saturated carbocycles. The van der Waals surface area contributed by atoms with Crippen LogP contribution >= 0.6 is 11.8 Å². The van der Waals surface area contributed by atoms with Gasteiger partial charge in [0.25, 0.3) is 5.91 Å². The Hall–Kier alpha value is -1.97. The predicted molar refractivity (Wildman–Crippen MR) is 148 cm³/mol. The topological polar surface area (TPSA) is 82.6 Å². The van der Waals surface area contributed by atoms with Crippen LogP contribution in [0.25, 0.3) is 0 Å². The molecule has 2 aliphatic heterocycles. The highest BCUT2D eigenvalue weighted by atomic mass is 32.2. The van der Waals surface area contributed by atoms with Gasteiger partial charge in [-0.2, -0.15) is 0 Å². The summed E-state index contributed by atoms with van der Waals surface area (Å²) in [5.74, 6) is -0.0497. The van der Waals surface area contributed by atoms with E-state index in [9.17, 15) is 14.7 Å². The van der Waals surface area contributed by atoms with Crippen molar-refractivity contribution in [2.24, 2.45) is 0 Å². The van der Waals surface area contributed by atoms with Crippen LogP contribution < -0.4 is 4.90 Å². The van der Waals surface area contributed by atoms with Crippen molar-refractivity contribution in [2.45, 2.75) is 101 Å². The number of carbonyl (C=O) groups excluding carboxylic acids is 2. The van der Waals surface area contributed by atoms with E-state index < -0.39 is 11.8 Å². The fourth-order valence-corrected chi connectivity index (χ4v) is 6.17. The molecule has 3 rings (SSSR count). The van der Waals surface area contributed by atoms with Crippen LogP contribution in [0.15, 0.2) is 23.1 Å². The summed E-state index contributed by atoms with van der Waals surface area (Å²) >= 11 is 1.64. The third-order valence-electron chi connectivity index (χ3n) is 6.80. The highest BCUT2D eigenvalue weighted by Gasteiger charge is 2.36. The molecule has 1 N–H and O–H groups in total. The second kappa shape index (κ2) is 12.7. The summed E-state index contributed by atoms with van der Waals surface area (Å²) in [7, 11) is 1.70. The SMILES string of the molecule is COCCCCN1c2cc(C(=O)N(C(C)C)[C@@H]3CCCN(C(=O)OC(C)(C)C)C3)ccc2S[C@H](C)C1O. The van der Waals surface area contributed by atoms with Crippen LogP contribution in [0, 0.1) is 0 Å². The molecule has 1 fully saturated rings. The number of methoxy groups -OCH3 is 1. The standard InChI is InChI=1S/C28H45N3O5S/c1-19(2)31(22-11-10-14-29(18-22)27(34)36-28(4,5)6)26(33)21-12-13-24-23(17-21)30(15-8-9-16-35-7)25(32)20(3)37-24/h12-13,17,19-20,22,25,32H,8-11,14-16,18H2,1-7H3/t20-,22-,25?/m1/s1. The molecule has 2 amide bonds. The van der Waals surface area contributed by atoms with E-state index in [0.717, 1.165) is 36.3 Å². The zero-order valence-corrected chi connectivity index (χ0v) is 24.3. The van der Waals surface area contributed by atoms with E-state index in [0.29, 0.717) is 31.8 Å². The number of hydrogen-bond donors (Lipinski definition) is 1. The maximum absolute atomic E-state index is 13.9. The number of aliphatic hydroxyl groups excluding tert-OH is 1. The normalized spacial score (nSPS) is 22.1. The van der Waals surface area contributed by atoms with Crippen molar-refractivity contribution in [3.8, 4) is 0 Å². The molecular formula is C28H45N3O5S. The summed E-state index contributed by atoms with van der Waals surface area (Å²) in [6.07, 6.45) is 2.51. The summed E-state index contributed by atoms with van der Waals surface area (Å²) in [5, 5.41) is 11.0. The Kier molecular flexibility index (Phi) is 10.2. The Morgan fingerprint density at radius 3 is 2.62 bits per heavy atom. The number of hydrogen-bond acceptors (Lipinski definition) is 7. The number of ether oxygens (including phenoxy) is 2. The molecule has 3 atom stereocenters. The zero-order valence-electron chi connectivity index (χ0n) is 23.5. The molecule has 2 heterocycles. The molecule has 9 heteroatoms. The van der Waals surface area contributed by atoms with Gasteiger partial charge in [0.2, 0.25) is 0 Å². The molecule has 1 aromatic rings. The Morgan fingerprint density at radius 1 is 1.24 bits per heavy atom. The van der Waals surface area contributed by atoms with Gasteiger partial charge in [-0.05, 0) is 85.4 Å². The van der Waals surface area contributed by atoms with Crippen LogP contribution in [-0.2, 0) is 9.47 Å². The summed E-state index contributed by atoms with van der Waals surface area (Å²) in [6.45, 7) is 14.1. The van der Waals surface area contributed by atoms with E-state index in [1.54, 1.807) is 23.8 Å². The Morgan fingerprint density at radius 2 is 1.97 bits per heavy atom. The number of likely N-dealkylation sites (tertiary alicyclic amines) is 1. The quantitative estimate of drug-likeness (QED) is 0.470. The fraction of sp³-hybridized carbons (Fsp3) is 0.714. The lowest BCUT2D eigenvalue weighted by Gasteiger charge is -2.42. The number of piperidine rings is 1. The van der Waals surface area contributed by atoms with Gasteiger partial charge >= 0.3 is 6.09 Å². The molecule has 1 unspecified atom stereocenters. The number of unbranched alkanes of at least 4 members (excludes halogenated alkanes) is 1. The maximum atomic E-state index is 13.9. The number of rotatable bonds is 8. The van der Waals surface area contributed by atoms with Crippen molar-refractivity contribution in [1.29, 1.82) is 0 Å². The molecular weight excluding hydrogens is 490 g/mol. The van der Waals surface area contributed by atoms with Gasteiger partial charge in [-0.3, -0.25) is 4.79 Å². The highest BCUT2D eigenvalue weighted by molar-refractivity contribution is 8.00. The highest BCUT2D eigenvalue weighted by Crippen LogP contribution is 2.42. The van der Waals surface area contributed by atoms with E-state index in [-0.39, 0.29) is 29.3 Å². The lowest BCUT2D eigenvalue weighted by atomic mass is 10.0. The van der Waals surface area contributed by atoms with Gasteiger partial charge < -0.3 is 29.3 Å². The molecule has 208 valence electrons. The predicted octanol–water partition coefficient (Wildman–Crippen LogP) is 4.98. The van der Waals surface area contributed by atoms with Gasteiger partial charge in [-0.15, -0.1) is 11.8 Å². The van der Waals surface area contributed by atoms with Crippen molar-refractivity contribution in [3.05, 3.63) is 23.8 Å². The molecule has 0 radical (unpaired) electrons. The minimum atomic E-state index is -0.618. The van der Waals surface area contributed by atoms with E-state index in [1.165, 1.54) is 0 Å². The van der Waals surface area contributed by atoms with E-state index >= 15 is 0 Å². The van der Waals surface area contributed by atoms with Crippen LogP contribution in [0.3, 0.4) is 0 Å². The lowest BCUT2D eigenvalue weighted by molar-refractivity contribution is 0.00752. The van der Waals surface area contributed by atoms with Gasteiger partial charge in [-0.25, -0.2) is 4.79 Å². The van der Waals surface area contributed by atoms with Gasteiger partial charge in [0, 0.05) is 49.9 Å². The number of thioether (sulfide) groups is 1. The van der Waals surface area contributed by atoms with E-state index in [1.807, 2.05) is 69.5 Å². The van der Waals surface area contributed by atoms with Gasteiger partial charge in [0.15, 0.2) is 0 Å². The molecule has 0 aliphatic carbocycles. The lowest BCUT2D eigenvalue weighted by Crippen LogP contribution is -2.54. The number of nitrogens with zero attached hydrogens (tertiary/aromatic N) is 3. The maximum Gasteiger partial charge on any atom is 0.410 e. The third-order valence-corrected chi connectivity index (χ3v) is 8.01. The van der Waals surface area contributed by atoms with Gasteiger partial charge in [-0.1, -0.05) is 0 Å². The number of amides is 2. The smallest absolute Gasteiger partial charge is 0.410 e. The first-order valence-electron chi connectivity index (χ1n) is 13.5. The van der Waals surface area contributed by atoms with Crippen LogP contribution in [0.5, 0.6) is 0 Å². The zero-order chi connectivity index (χ0) is 27.3. The third kappa shape index (κ3) is 7.54. The van der Waals surface area contributed by atoms with Crippen molar-refractivity contribution in [2.75, 3.05) is 38.3 Å². The van der Waals surface area contributed by atoms with Gasteiger partial charge in [0.05, 0.1) is 17.0 Å². The van der Waals surface area contributed by atoms with Crippen LogP contribution in [-0.4, -0.2) is 89.4 Å². The molecule has 1 aromatic carbocycles. The van der Waals surface area contributed by atoms with Crippen molar-refractivity contribution in [3.63, 3.8) is 0 Å². The summed E-state index contributed by atoms with van der Waals surface area (Å²) in [4.78, 5) is 33.4. The van der Waals surface area contributed by atoms with Crippen LogP contribution in [0.1, 0.15) is 77.6 Å². The molecule has 1 saturated heterocycles. The average Bonchev–Trinajstić information content (AvgIpc) is 2.82. The molecule has 8 nitrogen and oxygen atoms in total. The number of benzene rings is 1. The van der Waals surface area contributed by atoms with Crippen molar-refractivity contribution in [1.82, 2.24) is 9.80 Å². The van der Waals surface area contributed by atoms with Crippen LogP contribution in [0.2, 0.25) is 0 Å². The first-order chi connectivity index (χ1) is 17.4.